The lowest BCUT2D eigenvalue weighted by molar-refractivity contribution is -0.166. The van der Waals surface area contributed by atoms with Crippen LogP contribution in [0.1, 0.15) is 141 Å². The summed E-state index contributed by atoms with van der Waals surface area (Å²) in [5.74, 6) is 0.0864. The third-order valence-electron chi connectivity index (χ3n) is 7.45. The molecule has 0 aromatic heterocycles. The molecule has 0 aromatic carbocycles. The molecule has 0 aliphatic carbocycles. The van der Waals surface area contributed by atoms with Crippen molar-refractivity contribution >= 4 is 29.5 Å². The van der Waals surface area contributed by atoms with Crippen LogP contribution in [0.5, 0.6) is 0 Å². The highest BCUT2D eigenvalue weighted by Crippen LogP contribution is 2.35. The number of ketones is 1. The average Bonchev–Trinajstić information content (AvgIpc) is 2.81. The maximum absolute atomic E-state index is 13.4. The molecular formula is C34H65NO5S. The van der Waals surface area contributed by atoms with Crippen LogP contribution in [0.15, 0.2) is 0 Å². The average molecular weight is 600 g/mol. The maximum atomic E-state index is 13.4. The maximum Gasteiger partial charge on any atom is 0.311 e. The van der Waals surface area contributed by atoms with Gasteiger partial charge in [0.05, 0.1) is 17.4 Å². The van der Waals surface area contributed by atoms with Crippen LogP contribution in [0.3, 0.4) is 0 Å². The van der Waals surface area contributed by atoms with Gasteiger partial charge in [-0.2, -0.15) is 11.8 Å². The quantitative estimate of drug-likeness (QED) is 0.111. The molecule has 7 heteroatoms. The Hall–Kier alpha value is -1.08. The third-order valence-corrected chi connectivity index (χ3v) is 8.65. The van der Waals surface area contributed by atoms with Crippen LogP contribution in [0, 0.1) is 27.6 Å². The third kappa shape index (κ3) is 17.0. The lowest BCUT2D eigenvalue weighted by Gasteiger charge is -2.31. The van der Waals surface area contributed by atoms with Crippen molar-refractivity contribution in [1.82, 2.24) is 0 Å². The second-order valence-electron chi connectivity index (χ2n) is 15.6. The molecule has 0 saturated heterocycles. The summed E-state index contributed by atoms with van der Waals surface area (Å²) in [6.45, 7) is 24.6. The number of nitrogens with two attached hydrogens (primary N) is 1. The van der Waals surface area contributed by atoms with E-state index in [1.807, 2.05) is 20.8 Å². The van der Waals surface area contributed by atoms with Crippen LogP contribution in [0.25, 0.3) is 0 Å². The normalized spacial score (nSPS) is 16.4. The molecule has 0 aliphatic rings. The Balaban J connectivity index is 5.40. The van der Waals surface area contributed by atoms with E-state index in [1.165, 1.54) is 24.6 Å². The van der Waals surface area contributed by atoms with Gasteiger partial charge in [-0.3, -0.25) is 14.4 Å². The minimum Gasteiger partial charge on any atom is -0.461 e. The lowest BCUT2D eigenvalue weighted by Crippen LogP contribution is -2.44. The van der Waals surface area contributed by atoms with E-state index in [0.29, 0.717) is 24.3 Å². The Kier molecular flexibility index (Phi) is 17.4. The fourth-order valence-electron chi connectivity index (χ4n) is 5.88. The van der Waals surface area contributed by atoms with E-state index in [0.717, 1.165) is 32.1 Å². The van der Waals surface area contributed by atoms with Crippen LogP contribution in [-0.2, 0) is 23.9 Å². The highest BCUT2D eigenvalue weighted by atomic mass is 32.2. The van der Waals surface area contributed by atoms with Crippen LogP contribution < -0.4 is 5.73 Å². The number of carbonyl (C=O) groups excluding carboxylic acids is 3. The topological polar surface area (TPSA) is 95.7 Å². The van der Waals surface area contributed by atoms with E-state index in [9.17, 15) is 14.4 Å². The Morgan fingerprint density at radius 2 is 1.41 bits per heavy atom. The molecule has 0 bridgehead atoms. The molecule has 4 atom stereocenters. The number of hydrogen-bond donors (Lipinski definition) is 1. The van der Waals surface area contributed by atoms with E-state index < -0.39 is 23.0 Å². The number of rotatable bonds is 20. The van der Waals surface area contributed by atoms with Gasteiger partial charge in [0, 0.05) is 16.9 Å². The van der Waals surface area contributed by atoms with Gasteiger partial charge in [0.2, 0.25) is 0 Å². The van der Waals surface area contributed by atoms with Crippen LogP contribution in [-0.4, -0.2) is 48.0 Å². The number of esters is 2. The lowest BCUT2D eigenvalue weighted by atomic mass is 9.75. The SMILES string of the molecule is CCCCCCC(C)(CCC)C(=O)C(N)CSC[C@@H](COC(=O)C(C)(C)CC(C)(C)C)OC(=O)C(C)CC(C)(C)C. The molecule has 0 spiro atoms. The van der Waals surface area contributed by atoms with Gasteiger partial charge in [-0.25, -0.2) is 0 Å². The number of unbranched alkanes of at least 4 members (excludes halogenated alkanes) is 3. The smallest absolute Gasteiger partial charge is 0.311 e. The molecule has 0 fully saturated rings. The first-order valence-electron chi connectivity index (χ1n) is 15.9. The minimum absolute atomic E-state index is 0.0124. The largest absolute Gasteiger partial charge is 0.461 e. The first kappa shape index (κ1) is 39.9. The standard InChI is InChI=1S/C34H65NO5S/c1-13-15-16-17-19-34(12,18-14-2)28(36)27(35)23-41-22-26(40-29(37)25(3)20-31(4,5)6)21-39-30(38)33(10,11)24-32(7,8)9/h25-27H,13-24,35H2,1-12H3/t25?,26-,27?,34?/m1/s1. The minimum atomic E-state index is -0.658. The molecule has 0 aliphatic heterocycles. The van der Waals surface area contributed by atoms with Gasteiger partial charge < -0.3 is 15.2 Å². The zero-order valence-corrected chi connectivity index (χ0v) is 29.6. The fraction of sp³-hybridized carbons (Fsp3) is 0.912. The van der Waals surface area contributed by atoms with Gasteiger partial charge >= 0.3 is 11.9 Å². The Bertz CT molecular complexity index is 798. The van der Waals surface area contributed by atoms with Gasteiger partial charge in [0.25, 0.3) is 0 Å². The molecule has 6 nitrogen and oxygen atoms in total. The highest BCUT2D eigenvalue weighted by molar-refractivity contribution is 7.99. The summed E-state index contributed by atoms with van der Waals surface area (Å²) in [5.41, 5.74) is 5.33. The van der Waals surface area contributed by atoms with Gasteiger partial charge in [0.1, 0.15) is 12.7 Å². The fourth-order valence-corrected chi connectivity index (χ4v) is 6.84. The Morgan fingerprint density at radius 3 is 1.93 bits per heavy atom. The van der Waals surface area contributed by atoms with E-state index in [1.54, 1.807) is 0 Å². The van der Waals surface area contributed by atoms with Crippen LogP contribution in [0.4, 0.5) is 0 Å². The molecule has 0 heterocycles. The van der Waals surface area contributed by atoms with E-state index in [4.69, 9.17) is 15.2 Å². The predicted octanol–water partition coefficient (Wildman–Crippen LogP) is 8.38. The number of thioether (sulfide) groups is 1. The predicted molar refractivity (Wildman–Crippen MR) is 174 cm³/mol. The summed E-state index contributed by atoms with van der Waals surface area (Å²) >= 11 is 1.49. The summed E-state index contributed by atoms with van der Waals surface area (Å²) in [7, 11) is 0. The van der Waals surface area contributed by atoms with Crippen molar-refractivity contribution in [1.29, 1.82) is 0 Å². The molecule has 0 radical (unpaired) electrons. The summed E-state index contributed by atoms with van der Waals surface area (Å²) in [4.78, 5) is 39.4. The molecule has 2 N–H and O–H groups in total. The number of hydrogen-bond acceptors (Lipinski definition) is 7. The van der Waals surface area contributed by atoms with Crippen LogP contribution in [0.2, 0.25) is 0 Å². The van der Waals surface area contributed by atoms with Gasteiger partial charge in [-0.05, 0) is 50.4 Å². The highest BCUT2D eigenvalue weighted by Gasteiger charge is 2.36. The Morgan fingerprint density at radius 1 is 0.805 bits per heavy atom. The second kappa shape index (κ2) is 17.9. The van der Waals surface area contributed by atoms with Crippen molar-refractivity contribution < 1.29 is 23.9 Å². The molecule has 0 amide bonds. The molecule has 0 rings (SSSR count). The van der Waals surface area contributed by atoms with Gasteiger partial charge in [0.15, 0.2) is 5.78 Å². The molecular weight excluding hydrogens is 534 g/mol. The summed E-state index contributed by atoms with van der Waals surface area (Å²) in [5, 5.41) is 0. The molecule has 242 valence electrons. The van der Waals surface area contributed by atoms with E-state index >= 15 is 0 Å². The summed E-state index contributed by atoms with van der Waals surface area (Å²) in [6, 6.07) is -0.591. The molecule has 41 heavy (non-hydrogen) atoms. The van der Waals surface area contributed by atoms with Crippen molar-refractivity contribution in [3.8, 4) is 0 Å². The summed E-state index contributed by atoms with van der Waals surface area (Å²) < 4.78 is 11.6. The van der Waals surface area contributed by atoms with E-state index in [-0.39, 0.29) is 41.1 Å². The van der Waals surface area contributed by atoms with Gasteiger partial charge in [-0.1, -0.05) is 101 Å². The number of ether oxygens (including phenoxy) is 2. The van der Waals surface area contributed by atoms with Crippen molar-refractivity contribution in [2.75, 3.05) is 18.1 Å². The van der Waals surface area contributed by atoms with Crippen molar-refractivity contribution in [3.05, 3.63) is 0 Å². The van der Waals surface area contributed by atoms with Gasteiger partial charge in [-0.15, -0.1) is 0 Å². The number of carbonyl (C=O) groups is 3. The Labute approximate surface area is 257 Å². The van der Waals surface area contributed by atoms with Crippen molar-refractivity contribution in [2.24, 2.45) is 33.3 Å². The zero-order valence-electron chi connectivity index (χ0n) is 28.7. The first-order valence-corrected chi connectivity index (χ1v) is 17.1. The molecule has 0 saturated carbocycles. The second-order valence-corrected chi connectivity index (χ2v) is 16.6. The summed E-state index contributed by atoms with van der Waals surface area (Å²) in [6.07, 6.45) is 7.93. The monoisotopic (exact) mass is 599 g/mol. The molecule has 0 aromatic rings. The molecule has 3 unspecified atom stereocenters. The van der Waals surface area contributed by atoms with Crippen molar-refractivity contribution in [2.45, 2.75) is 153 Å². The number of Topliss-reactive ketones (excluding diaryl/α,β-unsaturated/α-hetero) is 1. The van der Waals surface area contributed by atoms with Crippen LogP contribution >= 0.6 is 11.8 Å². The van der Waals surface area contributed by atoms with E-state index in [2.05, 4.69) is 62.3 Å². The zero-order chi connectivity index (χ0) is 32.1. The first-order chi connectivity index (χ1) is 18.7. The van der Waals surface area contributed by atoms with Crippen molar-refractivity contribution in [3.63, 3.8) is 0 Å².